The van der Waals surface area contributed by atoms with Crippen molar-refractivity contribution in [3.8, 4) is 5.75 Å². The van der Waals surface area contributed by atoms with E-state index in [0.717, 1.165) is 0 Å². The molecule has 20 heavy (non-hydrogen) atoms. The van der Waals surface area contributed by atoms with Crippen LogP contribution < -0.4 is 11.1 Å². The van der Waals surface area contributed by atoms with Gasteiger partial charge in [0.05, 0.1) is 0 Å². The van der Waals surface area contributed by atoms with Crippen molar-refractivity contribution in [2.24, 2.45) is 5.73 Å². The molecule has 0 aliphatic heterocycles. The molecule has 0 heterocycles. The van der Waals surface area contributed by atoms with Crippen LogP contribution in [-0.4, -0.2) is 16.9 Å². The molecule has 0 fully saturated rings. The van der Waals surface area contributed by atoms with E-state index in [1.807, 2.05) is 0 Å². The fourth-order valence-electron chi connectivity index (χ4n) is 1.79. The zero-order valence-corrected chi connectivity index (χ0v) is 10.9. The first kappa shape index (κ1) is 13.6. The Bertz CT molecular complexity index is 663. The molecule has 102 valence electrons. The molecule has 0 aliphatic carbocycles. The van der Waals surface area contributed by atoms with E-state index in [1.165, 1.54) is 18.2 Å². The molecular formula is C15H14N2O3. The monoisotopic (exact) mass is 270 g/mol. The number of primary amides is 1. The lowest BCUT2D eigenvalue weighted by molar-refractivity contribution is 0.0998. The van der Waals surface area contributed by atoms with E-state index < -0.39 is 5.91 Å². The summed E-state index contributed by atoms with van der Waals surface area (Å²) in [6, 6.07) is 11.0. The van der Waals surface area contributed by atoms with E-state index in [4.69, 9.17) is 5.73 Å². The minimum atomic E-state index is -0.522. The number of hydrogen-bond donors (Lipinski definition) is 3. The Morgan fingerprint density at radius 2 is 1.75 bits per heavy atom. The molecule has 0 atom stereocenters. The number of anilines is 1. The van der Waals surface area contributed by atoms with Crippen LogP contribution in [0, 0.1) is 6.92 Å². The molecule has 0 aromatic heterocycles. The van der Waals surface area contributed by atoms with Gasteiger partial charge in [0.1, 0.15) is 5.75 Å². The average Bonchev–Trinajstić information content (AvgIpc) is 2.42. The van der Waals surface area contributed by atoms with Crippen molar-refractivity contribution in [3.05, 3.63) is 59.2 Å². The zero-order valence-electron chi connectivity index (χ0n) is 10.9. The highest BCUT2D eigenvalue weighted by Gasteiger charge is 2.11. The molecule has 0 bridgehead atoms. The van der Waals surface area contributed by atoms with Crippen LogP contribution in [0.5, 0.6) is 5.75 Å². The Morgan fingerprint density at radius 1 is 1.10 bits per heavy atom. The summed E-state index contributed by atoms with van der Waals surface area (Å²) >= 11 is 0. The fourth-order valence-corrected chi connectivity index (χ4v) is 1.79. The predicted molar refractivity (Wildman–Crippen MR) is 75.8 cm³/mol. The molecule has 0 radical (unpaired) electrons. The number of benzene rings is 2. The number of amides is 2. The van der Waals surface area contributed by atoms with E-state index in [-0.39, 0.29) is 11.7 Å². The molecular weight excluding hydrogens is 256 g/mol. The summed E-state index contributed by atoms with van der Waals surface area (Å²) in [6.07, 6.45) is 0. The first-order valence-corrected chi connectivity index (χ1v) is 5.99. The van der Waals surface area contributed by atoms with Crippen molar-refractivity contribution >= 4 is 17.5 Å². The van der Waals surface area contributed by atoms with E-state index >= 15 is 0 Å². The number of nitrogens with one attached hydrogen (secondary N) is 1. The molecule has 0 aliphatic rings. The average molecular weight is 270 g/mol. The summed E-state index contributed by atoms with van der Waals surface area (Å²) in [4.78, 5) is 23.0. The number of nitrogens with two attached hydrogens (primary N) is 1. The highest BCUT2D eigenvalue weighted by atomic mass is 16.3. The molecule has 0 unspecified atom stereocenters. The van der Waals surface area contributed by atoms with Crippen molar-refractivity contribution in [1.82, 2.24) is 0 Å². The number of aromatic hydroxyl groups is 1. The molecule has 0 saturated heterocycles. The lowest BCUT2D eigenvalue weighted by Gasteiger charge is -2.09. The van der Waals surface area contributed by atoms with Crippen LogP contribution in [0.3, 0.4) is 0 Å². The molecule has 0 saturated carbocycles. The standard InChI is InChI=1S/C15H14N2O3/c1-9-12(3-2-4-13(9)18)15(20)17-11-7-5-10(6-8-11)14(16)19/h2-8,18H,1H3,(H2,16,19)(H,17,20). The third kappa shape index (κ3) is 2.77. The van der Waals surface area contributed by atoms with Gasteiger partial charge in [0.2, 0.25) is 5.91 Å². The van der Waals surface area contributed by atoms with Gasteiger partial charge in [0, 0.05) is 22.4 Å². The van der Waals surface area contributed by atoms with Crippen LogP contribution in [0.4, 0.5) is 5.69 Å². The summed E-state index contributed by atoms with van der Waals surface area (Å²) in [5, 5.41) is 12.3. The summed E-state index contributed by atoms with van der Waals surface area (Å²) in [5.74, 6) is -0.779. The second kappa shape index (κ2) is 5.44. The van der Waals surface area contributed by atoms with Gasteiger partial charge in [0.25, 0.3) is 5.91 Å². The summed E-state index contributed by atoms with van der Waals surface area (Å²) in [5.41, 5.74) is 6.96. The Labute approximate surface area is 116 Å². The van der Waals surface area contributed by atoms with Gasteiger partial charge < -0.3 is 16.2 Å². The minimum Gasteiger partial charge on any atom is -0.508 e. The highest BCUT2D eigenvalue weighted by Crippen LogP contribution is 2.20. The van der Waals surface area contributed by atoms with Gasteiger partial charge in [-0.05, 0) is 43.3 Å². The summed E-state index contributed by atoms with van der Waals surface area (Å²) < 4.78 is 0. The van der Waals surface area contributed by atoms with Crippen molar-refractivity contribution < 1.29 is 14.7 Å². The van der Waals surface area contributed by atoms with Crippen LogP contribution in [0.1, 0.15) is 26.3 Å². The third-order valence-electron chi connectivity index (χ3n) is 2.98. The number of phenols is 1. The lowest BCUT2D eigenvalue weighted by Crippen LogP contribution is -2.14. The minimum absolute atomic E-state index is 0.0710. The molecule has 2 aromatic rings. The number of carbonyl (C=O) groups is 2. The Balaban J connectivity index is 2.19. The van der Waals surface area contributed by atoms with Gasteiger partial charge in [-0.15, -0.1) is 0 Å². The van der Waals surface area contributed by atoms with Crippen LogP contribution >= 0.6 is 0 Å². The Hall–Kier alpha value is -2.82. The normalized spacial score (nSPS) is 10.1. The van der Waals surface area contributed by atoms with E-state index in [2.05, 4.69) is 5.32 Å². The Morgan fingerprint density at radius 3 is 2.35 bits per heavy atom. The zero-order chi connectivity index (χ0) is 14.7. The van der Waals surface area contributed by atoms with E-state index in [0.29, 0.717) is 22.4 Å². The highest BCUT2D eigenvalue weighted by molar-refractivity contribution is 6.05. The molecule has 0 spiro atoms. The third-order valence-corrected chi connectivity index (χ3v) is 2.98. The van der Waals surface area contributed by atoms with Crippen molar-refractivity contribution in [3.63, 3.8) is 0 Å². The van der Waals surface area contributed by atoms with Gasteiger partial charge in [0.15, 0.2) is 0 Å². The predicted octanol–water partition coefficient (Wildman–Crippen LogP) is 2.05. The topological polar surface area (TPSA) is 92.4 Å². The van der Waals surface area contributed by atoms with Crippen LogP contribution in [0.25, 0.3) is 0 Å². The molecule has 4 N–H and O–H groups in total. The SMILES string of the molecule is Cc1c(O)cccc1C(=O)Nc1ccc(C(N)=O)cc1. The van der Waals surface area contributed by atoms with Crippen molar-refractivity contribution in [1.29, 1.82) is 0 Å². The summed E-state index contributed by atoms with van der Waals surface area (Å²) in [7, 11) is 0. The molecule has 5 nitrogen and oxygen atoms in total. The van der Waals surface area contributed by atoms with Gasteiger partial charge in [-0.2, -0.15) is 0 Å². The molecule has 5 heteroatoms. The fraction of sp³-hybridized carbons (Fsp3) is 0.0667. The van der Waals surface area contributed by atoms with Crippen LogP contribution in [0.15, 0.2) is 42.5 Å². The van der Waals surface area contributed by atoms with Crippen molar-refractivity contribution in [2.75, 3.05) is 5.32 Å². The number of hydrogen-bond acceptors (Lipinski definition) is 3. The van der Waals surface area contributed by atoms with Gasteiger partial charge in [-0.1, -0.05) is 6.07 Å². The first-order valence-electron chi connectivity index (χ1n) is 5.99. The maximum Gasteiger partial charge on any atom is 0.256 e. The molecule has 2 rings (SSSR count). The first-order chi connectivity index (χ1) is 9.49. The van der Waals surface area contributed by atoms with Crippen molar-refractivity contribution in [2.45, 2.75) is 6.92 Å². The second-order valence-electron chi connectivity index (χ2n) is 4.35. The quantitative estimate of drug-likeness (QED) is 0.797. The number of carbonyl (C=O) groups excluding carboxylic acids is 2. The van der Waals surface area contributed by atoms with Gasteiger partial charge >= 0.3 is 0 Å². The molecule has 2 amide bonds. The second-order valence-corrected chi connectivity index (χ2v) is 4.35. The maximum atomic E-state index is 12.1. The largest absolute Gasteiger partial charge is 0.508 e. The van der Waals surface area contributed by atoms with Gasteiger partial charge in [-0.3, -0.25) is 9.59 Å². The summed E-state index contributed by atoms with van der Waals surface area (Å²) in [6.45, 7) is 1.67. The van der Waals surface area contributed by atoms with Gasteiger partial charge in [-0.25, -0.2) is 0 Å². The Kier molecular flexibility index (Phi) is 3.70. The molecule has 2 aromatic carbocycles. The van der Waals surface area contributed by atoms with E-state index in [1.54, 1.807) is 31.2 Å². The van der Waals surface area contributed by atoms with E-state index in [9.17, 15) is 14.7 Å². The smallest absolute Gasteiger partial charge is 0.256 e. The maximum absolute atomic E-state index is 12.1. The van der Waals surface area contributed by atoms with Crippen LogP contribution in [-0.2, 0) is 0 Å². The number of phenolic OH excluding ortho intramolecular Hbond substituents is 1. The number of rotatable bonds is 3. The van der Waals surface area contributed by atoms with Crippen LogP contribution in [0.2, 0.25) is 0 Å². The lowest BCUT2D eigenvalue weighted by atomic mass is 10.1.